The first-order chi connectivity index (χ1) is 39.1. The number of nitrogens with zero attached hydrogens (tertiary/aromatic N) is 1. The molecule has 0 spiro atoms. The Morgan fingerprint density at radius 3 is 1.00 bits per heavy atom. The smallest absolute Gasteiger partial charge is 0.361 e. The van der Waals surface area contributed by atoms with Crippen molar-refractivity contribution >= 4 is 17.9 Å². The maximum absolute atomic E-state index is 12.9. The van der Waals surface area contributed by atoms with E-state index in [0.717, 1.165) is 51.4 Å². The zero-order chi connectivity index (χ0) is 58.3. The van der Waals surface area contributed by atoms with Gasteiger partial charge in [0.05, 0.1) is 34.4 Å². The van der Waals surface area contributed by atoms with Gasteiger partial charge in [0.2, 0.25) is 0 Å². The van der Waals surface area contributed by atoms with Crippen LogP contribution in [0.25, 0.3) is 0 Å². The second kappa shape index (κ2) is 62.6. The lowest BCUT2D eigenvalue weighted by Gasteiger charge is -2.25. The number of carboxylic acids is 1. The molecule has 80 heavy (non-hydrogen) atoms. The van der Waals surface area contributed by atoms with Gasteiger partial charge in [-0.3, -0.25) is 9.59 Å². The quantitative estimate of drug-likeness (QED) is 0.0211. The summed E-state index contributed by atoms with van der Waals surface area (Å²) in [7, 11) is 5.99. The first-order valence-corrected chi connectivity index (χ1v) is 34.7. The molecule has 0 saturated heterocycles. The van der Waals surface area contributed by atoms with Gasteiger partial charge in [0.25, 0.3) is 6.29 Å². The number of hydrogen-bond acceptors (Lipinski definition) is 7. The van der Waals surface area contributed by atoms with Crippen LogP contribution in [-0.4, -0.2) is 87.4 Å². The van der Waals surface area contributed by atoms with Crippen molar-refractivity contribution in [2.24, 2.45) is 0 Å². The Morgan fingerprint density at radius 1 is 0.375 bits per heavy atom. The zero-order valence-corrected chi connectivity index (χ0v) is 53.8. The highest BCUT2D eigenvalue weighted by Gasteiger charge is 2.25. The number of quaternary nitrogens is 1. The van der Waals surface area contributed by atoms with Gasteiger partial charge in [-0.15, -0.1) is 0 Å². The van der Waals surface area contributed by atoms with Crippen LogP contribution >= 0.6 is 0 Å². The van der Waals surface area contributed by atoms with Crippen LogP contribution in [0.4, 0.5) is 0 Å². The van der Waals surface area contributed by atoms with Crippen LogP contribution in [0.2, 0.25) is 0 Å². The average molecular weight is 1130 g/mol. The predicted molar refractivity (Wildman–Crippen MR) is 341 cm³/mol. The van der Waals surface area contributed by atoms with Gasteiger partial charge in [-0.05, 0) is 51.4 Å². The molecular weight excluding hydrogens is 995 g/mol. The molecule has 2 unspecified atom stereocenters. The number of carbonyl (C=O) groups is 3. The molecule has 0 radical (unpaired) electrons. The van der Waals surface area contributed by atoms with Gasteiger partial charge >= 0.3 is 17.9 Å². The van der Waals surface area contributed by atoms with Gasteiger partial charge in [0.15, 0.2) is 6.10 Å². The summed E-state index contributed by atoms with van der Waals surface area (Å²) in [6.07, 6.45) is 75.4. The molecule has 2 atom stereocenters. The van der Waals surface area contributed by atoms with E-state index in [1.165, 1.54) is 263 Å². The molecule has 470 valence electrons. The van der Waals surface area contributed by atoms with E-state index in [2.05, 4.69) is 50.3 Å². The third-order valence-corrected chi connectivity index (χ3v) is 15.6. The van der Waals surface area contributed by atoms with Crippen molar-refractivity contribution in [3.8, 4) is 0 Å². The molecule has 0 aliphatic rings. The molecule has 0 aliphatic carbocycles. The van der Waals surface area contributed by atoms with E-state index >= 15 is 0 Å². The molecule has 0 aromatic heterocycles. The Bertz CT molecular complexity index is 1410. The monoisotopic (exact) mass is 1130 g/mol. The lowest BCUT2D eigenvalue weighted by molar-refractivity contribution is -0.870. The number of esters is 2. The third kappa shape index (κ3) is 63.1. The molecule has 0 aliphatic heterocycles. The number of carbonyl (C=O) groups excluding carboxylic acids is 2. The minimum atomic E-state index is -1.51. The summed E-state index contributed by atoms with van der Waals surface area (Å²) in [4.78, 5) is 37.6. The fourth-order valence-corrected chi connectivity index (χ4v) is 10.3. The van der Waals surface area contributed by atoms with Crippen LogP contribution in [-0.2, 0) is 33.3 Å². The highest BCUT2D eigenvalue weighted by atomic mass is 16.7. The van der Waals surface area contributed by atoms with Crippen molar-refractivity contribution in [2.75, 3.05) is 47.5 Å². The van der Waals surface area contributed by atoms with E-state index in [1.807, 2.05) is 21.1 Å². The van der Waals surface area contributed by atoms with Crippen molar-refractivity contribution in [1.29, 1.82) is 0 Å². The summed E-state index contributed by atoms with van der Waals surface area (Å²) < 4.78 is 23.0. The maximum Gasteiger partial charge on any atom is 0.361 e. The fraction of sp³-hybridized carbons (Fsp3) is 0.873. The van der Waals surface area contributed by atoms with E-state index < -0.39 is 18.4 Å². The summed E-state index contributed by atoms with van der Waals surface area (Å²) in [5.41, 5.74) is 0. The number of ether oxygens (including phenoxy) is 4. The van der Waals surface area contributed by atoms with Crippen molar-refractivity contribution in [1.82, 2.24) is 0 Å². The van der Waals surface area contributed by atoms with E-state index in [0.29, 0.717) is 17.4 Å². The SMILES string of the molecule is CCCCCCC/C=C\C/C=C\C/C=C\CCCCCCCCCCCCCCC(=O)OC(COC(=O)CCCCCCCCCCCCCCCCCCCCCCCCCCCCCC)COC(OCC[N+](C)(C)C)C(=O)O. The van der Waals surface area contributed by atoms with E-state index in [4.69, 9.17) is 18.9 Å². The molecule has 0 fully saturated rings. The predicted octanol–water partition coefficient (Wildman–Crippen LogP) is 21.2. The number of carboxylic acid groups (broad SMARTS) is 1. The summed E-state index contributed by atoms with van der Waals surface area (Å²) in [6.45, 7) is 4.93. The first kappa shape index (κ1) is 77.5. The Balaban J connectivity index is 4.10. The second-order valence-electron chi connectivity index (χ2n) is 24.8. The number of allylic oxidation sites excluding steroid dienone is 6. The lowest BCUT2D eigenvalue weighted by Crippen LogP contribution is -2.40. The molecule has 0 amide bonds. The third-order valence-electron chi connectivity index (χ3n) is 15.6. The molecule has 1 N–H and O–H groups in total. The number of likely N-dealkylation sites (N-methyl/N-ethyl adjacent to an activating group) is 1. The van der Waals surface area contributed by atoms with Gasteiger partial charge in [0.1, 0.15) is 13.2 Å². The lowest BCUT2D eigenvalue weighted by atomic mass is 10.0. The standard InChI is InChI=1S/C71H133NO8/c1-6-8-10-12-14-16-18-20-22-24-26-28-30-32-34-36-37-39-41-43-45-47-49-51-53-55-57-59-61-68(73)78-65-67(66-79-71(70(75)76)77-64-63-72(3,4)5)80-69(74)62-60-58-56-54-52-50-48-46-44-42-40-38-35-33-31-29-27-25-23-21-19-17-15-13-11-9-7-2/h19,21,25,27,31,33,67,71H,6-18,20,22-24,26,28-30,32,34-66H2,1-5H3/p+1/b21-19-,27-25-,33-31-. The highest BCUT2D eigenvalue weighted by molar-refractivity contribution is 5.71. The molecule has 9 heteroatoms. The molecule has 0 aromatic rings. The summed E-state index contributed by atoms with van der Waals surface area (Å²) in [5.74, 6) is -1.98. The molecule has 0 saturated carbocycles. The number of unbranched alkanes of at least 4 members (excludes halogenated alkanes) is 44. The van der Waals surface area contributed by atoms with Crippen molar-refractivity contribution in [3.05, 3.63) is 36.5 Å². The summed E-state index contributed by atoms with van der Waals surface area (Å²) >= 11 is 0. The minimum Gasteiger partial charge on any atom is -0.477 e. The van der Waals surface area contributed by atoms with Gasteiger partial charge in [-0.25, -0.2) is 4.79 Å². The van der Waals surface area contributed by atoms with Gasteiger partial charge in [0, 0.05) is 12.8 Å². The Hall–Kier alpha value is -2.49. The Morgan fingerprint density at radius 2 is 0.675 bits per heavy atom. The van der Waals surface area contributed by atoms with E-state index in [9.17, 15) is 19.5 Å². The van der Waals surface area contributed by atoms with Crippen molar-refractivity contribution in [2.45, 2.75) is 354 Å². The Kier molecular flexibility index (Phi) is 60.6. The molecular formula is C71H134NO8+. The normalized spacial score (nSPS) is 12.9. The van der Waals surface area contributed by atoms with Gasteiger partial charge < -0.3 is 28.5 Å². The van der Waals surface area contributed by atoms with E-state index in [-0.39, 0.29) is 38.2 Å². The molecule has 0 heterocycles. The Labute approximate surface area is 496 Å². The summed E-state index contributed by atoms with van der Waals surface area (Å²) in [5, 5.41) is 9.74. The highest BCUT2D eigenvalue weighted by Crippen LogP contribution is 2.19. The number of rotatable bonds is 65. The van der Waals surface area contributed by atoms with Crippen LogP contribution in [0.15, 0.2) is 36.5 Å². The second-order valence-corrected chi connectivity index (χ2v) is 24.8. The zero-order valence-electron chi connectivity index (χ0n) is 53.8. The topological polar surface area (TPSA) is 108 Å². The maximum atomic E-state index is 12.9. The van der Waals surface area contributed by atoms with E-state index in [1.54, 1.807) is 0 Å². The van der Waals surface area contributed by atoms with Crippen LogP contribution < -0.4 is 0 Å². The van der Waals surface area contributed by atoms with Crippen LogP contribution in [0, 0.1) is 0 Å². The molecule has 0 bridgehead atoms. The van der Waals surface area contributed by atoms with Crippen molar-refractivity contribution < 1.29 is 42.9 Å². The van der Waals surface area contributed by atoms with Gasteiger partial charge in [-0.2, -0.15) is 0 Å². The molecule has 0 rings (SSSR count). The van der Waals surface area contributed by atoms with Crippen molar-refractivity contribution in [3.63, 3.8) is 0 Å². The minimum absolute atomic E-state index is 0.178. The molecule has 0 aromatic carbocycles. The van der Waals surface area contributed by atoms with Crippen LogP contribution in [0.1, 0.15) is 341 Å². The average Bonchev–Trinajstić information content (AvgIpc) is 3.43. The van der Waals surface area contributed by atoms with Crippen LogP contribution in [0.5, 0.6) is 0 Å². The summed E-state index contributed by atoms with van der Waals surface area (Å²) in [6, 6.07) is 0. The number of hydrogen-bond donors (Lipinski definition) is 1. The molecule has 9 nitrogen and oxygen atoms in total. The first-order valence-electron chi connectivity index (χ1n) is 34.7. The number of aliphatic carboxylic acids is 1. The van der Waals surface area contributed by atoms with Crippen LogP contribution in [0.3, 0.4) is 0 Å². The fourth-order valence-electron chi connectivity index (χ4n) is 10.3. The van der Waals surface area contributed by atoms with Gasteiger partial charge in [-0.1, -0.05) is 314 Å². The largest absolute Gasteiger partial charge is 0.477 e.